The lowest BCUT2D eigenvalue weighted by atomic mass is 10.2. The molecule has 11 nitrogen and oxygen atoms in total. The van der Waals surface area contributed by atoms with Crippen LogP contribution in [0.25, 0.3) is 0 Å². The largest absolute Gasteiger partial charge is 0.507 e. The Balaban J connectivity index is 0. The second kappa shape index (κ2) is 12.4. The maximum atomic E-state index is 10.3. The molecule has 11 heteroatoms. The zero-order valence-electron chi connectivity index (χ0n) is 12.3. The van der Waals surface area contributed by atoms with Gasteiger partial charge in [0.25, 0.3) is 0 Å². The van der Waals surface area contributed by atoms with Crippen LogP contribution in [0.2, 0.25) is 0 Å². The molecule has 0 aliphatic rings. The molecule has 0 saturated heterocycles. The predicted molar refractivity (Wildman–Crippen MR) is 79.6 cm³/mol. The number of carboxylic acid groups (broad SMARTS) is 4. The molecule has 1 aromatic rings. The SMILES string of the molecule is NCC(=O)O.N[C@@H](CC(=O)O)C(=O)O.O=C(O)c1ccccc1O. The van der Waals surface area contributed by atoms with Gasteiger partial charge in [-0.05, 0) is 12.1 Å². The third-order valence-electron chi connectivity index (χ3n) is 2.02. The molecule has 0 aliphatic heterocycles. The molecular formula is C13H18N2O9. The Morgan fingerprint density at radius 1 is 0.958 bits per heavy atom. The van der Waals surface area contributed by atoms with E-state index in [1.54, 1.807) is 12.1 Å². The van der Waals surface area contributed by atoms with E-state index in [0.717, 1.165) is 0 Å². The van der Waals surface area contributed by atoms with Crippen molar-refractivity contribution in [2.75, 3.05) is 6.54 Å². The highest BCUT2D eigenvalue weighted by Gasteiger charge is 2.14. The Labute approximate surface area is 135 Å². The quantitative estimate of drug-likeness (QED) is 0.342. The van der Waals surface area contributed by atoms with Crippen LogP contribution in [0, 0.1) is 0 Å². The number of aromatic hydroxyl groups is 1. The number of benzene rings is 1. The van der Waals surface area contributed by atoms with Gasteiger partial charge in [-0.1, -0.05) is 12.1 Å². The van der Waals surface area contributed by atoms with Crippen molar-refractivity contribution >= 4 is 23.9 Å². The molecule has 0 aromatic heterocycles. The number of carboxylic acids is 4. The molecule has 9 N–H and O–H groups in total. The number of aliphatic carboxylic acids is 3. The summed E-state index contributed by atoms with van der Waals surface area (Å²) in [6.07, 6.45) is -0.532. The van der Waals surface area contributed by atoms with Crippen molar-refractivity contribution in [3.05, 3.63) is 29.8 Å². The van der Waals surface area contributed by atoms with Crippen LogP contribution in [0.3, 0.4) is 0 Å². The first kappa shape index (κ1) is 23.1. The first-order valence-corrected chi connectivity index (χ1v) is 6.16. The Kier molecular flexibility index (Phi) is 11.9. The number of phenols is 1. The number of hydrogen-bond acceptors (Lipinski definition) is 7. The lowest BCUT2D eigenvalue weighted by molar-refractivity contribution is -0.144. The monoisotopic (exact) mass is 346 g/mol. The Hall–Kier alpha value is -3.18. The van der Waals surface area contributed by atoms with E-state index in [2.05, 4.69) is 5.73 Å². The van der Waals surface area contributed by atoms with Crippen LogP contribution >= 0.6 is 0 Å². The summed E-state index contributed by atoms with van der Waals surface area (Å²) in [6.45, 7) is -0.278. The molecular weight excluding hydrogens is 328 g/mol. The Morgan fingerprint density at radius 2 is 1.42 bits per heavy atom. The van der Waals surface area contributed by atoms with Crippen LogP contribution in [0.15, 0.2) is 24.3 Å². The molecule has 1 rings (SSSR count). The van der Waals surface area contributed by atoms with Gasteiger partial charge < -0.3 is 37.0 Å². The van der Waals surface area contributed by atoms with Crippen molar-refractivity contribution in [3.63, 3.8) is 0 Å². The van der Waals surface area contributed by atoms with E-state index >= 15 is 0 Å². The van der Waals surface area contributed by atoms with Crippen molar-refractivity contribution in [3.8, 4) is 5.75 Å². The number of nitrogens with two attached hydrogens (primary N) is 2. The minimum absolute atomic E-state index is 0.0671. The summed E-state index contributed by atoms with van der Waals surface area (Å²) >= 11 is 0. The van der Waals surface area contributed by atoms with Crippen molar-refractivity contribution in [2.45, 2.75) is 12.5 Å². The van der Waals surface area contributed by atoms with Gasteiger partial charge in [0, 0.05) is 0 Å². The second-order valence-corrected chi connectivity index (χ2v) is 3.96. The molecule has 0 unspecified atom stereocenters. The maximum absolute atomic E-state index is 10.3. The van der Waals surface area contributed by atoms with Crippen molar-refractivity contribution in [1.29, 1.82) is 0 Å². The van der Waals surface area contributed by atoms with Gasteiger partial charge in [-0.25, -0.2) is 4.79 Å². The Morgan fingerprint density at radius 3 is 1.62 bits per heavy atom. The van der Waals surface area contributed by atoms with E-state index in [1.807, 2.05) is 0 Å². The van der Waals surface area contributed by atoms with Crippen LogP contribution in [-0.2, 0) is 14.4 Å². The molecule has 0 amide bonds. The van der Waals surface area contributed by atoms with Gasteiger partial charge in [0.1, 0.15) is 17.4 Å². The minimum atomic E-state index is -1.29. The fourth-order valence-corrected chi connectivity index (χ4v) is 0.930. The van der Waals surface area contributed by atoms with E-state index in [0.29, 0.717) is 0 Å². The van der Waals surface area contributed by atoms with Gasteiger partial charge in [0.2, 0.25) is 0 Å². The van der Waals surface area contributed by atoms with Crippen molar-refractivity contribution in [2.24, 2.45) is 11.5 Å². The highest BCUT2D eigenvalue weighted by molar-refractivity contribution is 5.90. The minimum Gasteiger partial charge on any atom is -0.507 e. The van der Waals surface area contributed by atoms with Crippen molar-refractivity contribution in [1.82, 2.24) is 0 Å². The molecule has 0 fully saturated rings. The van der Waals surface area contributed by atoms with Crippen LogP contribution < -0.4 is 11.5 Å². The predicted octanol–water partition coefficient (Wildman–Crippen LogP) is -1.01. The van der Waals surface area contributed by atoms with Crippen molar-refractivity contribution < 1.29 is 44.7 Å². The topological polar surface area (TPSA) is 221 Å². The molecule has 0 saturated carbocycles. The third kappa shape index (κ3) is 12.6. The smallest absolute Gasteiger partial charge is 0.339 e. The van der Waals surface area contributed by atoms with Crippen LogP contribution in [-0.4, -0.2) is 62.0 Å². The third-order valence-corrected chi connectivity index (χ3v) is 2.02. The number of rotatable bonds is 5. The molecule has 0 radical (unpaired) electrons. The highest BCUT2D eigenvalue weighted by atomic mass is 16.4. The number of aromatic carboxylic acids is 1. The summed E-state index contributed by atoms with van der Waals surface area (Å²) in [4.78, 5) is 39.1. The molecule has 0 spiro atoms. The summed E-state index contributed by atoms with van der Waals surface area (Å²) in [7, 11) is 0. The van der Waals surface area contributed by atoms with Gasteiger partial charge >= 0.3 is 23.9 Å². The zero-order chi connectivity index (χ0) is 19.3. The van der Waals surface area contributed by atoms with Crippen LogP contribution in [0.1, 0.15) is 16.8 Å². The van der Waals surface area contributed by atoms with Crippen LogP contribution in [0.4, 0.5) is 0 Å². The first-order valence-electron chi connectivity index (χ1n) is 6.16. The summed E-state index contributed by atoms with van der Waals surface area (Å²) in [6, 6.07) is 4.52. The Bertz CT molecular complexity index is 574. The average molecular weight is 346 g/mol. The van der Waals surface area contributed by atoms with E-state index in [4.69, 9.17) is 31.3 Å². The van der Waals surface area contributed by atoms with Gasteiger partial charge in [0.15, 0.2) is 0 Å². The molecule has 0 aliphatic carbocycles. The summed E-state index contributed by atoms with van der Waals surface area (Å²) < 4.78 is 0. The van der Waals surface area contributed by atoms with Crippen LogP contribution in [0.5, 0.6) is 5.75 Å². The maximum Gasteiger partial charge on any atom is 0.339 e. The number of para-hydroxylation sites is 1. The normalized spacial score (nSPS) is 10.1. The fourth-order valence-electron chi connectivity index (χ4n) is 0.930. The summed E-state index contributed by atoms with van der Waals surface area (Å²) in [5, 5.41) is 40.9. The number of carbonyl (C=O) groups is 4. The number of hydrogen-bond donors (Lipinski definition) is 7. The molecule has 1 atom stereocenters. The molecule has 0 bridgehead atoms. The van der Waals surface area contributed by atoms with Gasteiger partial charge in [0.05, 0.1) is 13.0 Å². The lowest BCUT2D eigenvalue weighted by Gasteiger charge is -1.99. The standard InChI is InChI=1S/C7H6O3.C4H7NO4.C2H5NO2/c8-6-4-2-1-3-5(6)7(9)10;5-2(4(8)9)1-3(6)7;3-1-2(4)5/h1-4,8H,(H,9,10);2H,1,5H2,(H,6,7)(H,8,9);1,3H2,(H,4,5)/t;2-;/m.0./s1. The zero-order valence-corrected chi connectivity index (χ0v) is 12.3. The molecule has 24 heavy (non-hydrogen) atoms. The first-order chi connectivity index (χ1) is 11.0. The van der Waals surface area contributed by atoms with E-state index < -0.39 is 36.3 Å². The molecule has 134 valence electrons. The molecule has 1 aromatic carbocycles. The molecule has 0 heterocycles. The lowest BCUT2D eigenvalue weighted by Crippen LogP contribution is -2.32. The van der Waals surface area contributed by atoms with Gasteiger partial charge in [-0.2, -0.15) is 0 Å². The average Bonchev–Trinajstić information content (AvgIpc) is 2.47. The van der Waals surface area contributed by atoms with Gasteiger partial charge in [-0.3, -0.25) is 14.4 Å². The van der Waals surface area contributed by atoms with Gasteiger partial charge in [-0.15, -0.1) is 0 Å². The fraction of sp³-hybridized carbons (Fsp3) is 0.231. The van der Waals surface area contributed by atoms with E-state index in [9.17, 15) is 19.2 Å². The second-order valence-electron chi connectivity index (χ2n) is 3.96. The summed E-state index contributed by atoms with van der Waals surface area (Å²) in [5.74, 6) is -4.78. The highest BCUT2D eigenvalue weighted by Crippen LogP contribution is 2.14. The van der Waals surface area contributed by atoms with E-state index in [1.165, 1.54) is 12.1 Å². The summed E-state index contributed by atoms with van der Waals surface area (Å²) in [5.41, 5.74) is 9.34. The van der Waals surface area contributed by atoms with E-state index in [-0.39, 0.29) is 17.9 Å².